The van der Waals surface area contributed by atoms with Crippen LogP contribution in [0.15, 0.2) is 16.5 Å². The minimum absolute atomic E-state index is 0.249. The molecule has 62 valence electrons. The zero-order valence-corrected chi connectivity index (χ0v) is 7.27. The van der Waals surface area contributed by atoms with Gasteiger partial charge in [0.15, 0.2) is 5.76 Å². The predicted molar refractivity (Wildman–Crippen MR) is 41.2 cm³/mol. The number of hydrogen-bond donors (Lipinski definition) is 0. The summed E-state index contributed by atoms with van der Waals surface area (Å²) in [6, 6.07) is 2.88. The van der Waals surface area contributed by atoms with Crippen LogP contribution in [0.1, 0.15) is 17.9 Å². The number of aryl methyl sites for hydroxylation is 1. The highest BCUT2D eigenvalue weighted by Gasteiger charge is 2.11. The number of furan rings is 1. The van der Waals surface area contributed by atoms with Crippen molar-refractivity contribution in [3.8, 4) is 0 Å². The topological polar surface area (TPSA) is 13.1 Å². The molecule has 1 aromatic rings. The lowest BCUT2D eigenvalue weighted by Crippen LogP contribution is -1.81. The van der Waals surface area contributed by atoms with Crippen LogP contribution in [0.25, 0.3) is 0 Å². The summed E-state index contributed by atoms with van der Waals surface area (Å²) in [6.45, 7) is 0. The molecule has 0 saturated carbocycles. The second kappa shape index (κ2) is 3.85. The van der Waals surface area contributed by atoms with Crippen LogP contribution in [0.5, 0.6) is 0 Å². The summed E-state index contributed by atoms with van der Waals surface area (Å²) in [4.78, 5) is 0. The van der Waals surface area contributed by atoms with Crippen molar-refractivity contribution in [1.29, 1.82) is 0 Å². The van der Waals surface area contributed by atoms with E-state index in [4.69, 9.17) is 4.42 Å². The van der Waals surface area contributed by atoms with Crippen LogP contribution in [0.3, 0.4) is 0 Å². The van der Waals surface area contributed by atoms with Gasteiger partial charge in [-0.2, -0.15) is 0 Å². The summed E-state index contributed by atoms with van der Waals surface area (Å²) in [5.74, 6) is 0.345. The molecule has 4 heteroatoms. The SMILES string of the molecule is FC(F)c1ccc(CCBr)o1. The number of halogens is 3. The van der Waals surface area contributed by atoms with E-state index in [1.54, 1.807) is 6.07 Å². The monoisotopic (exact) mass is 224 g/mol. The Bertz CT molecular complexity index is 222. The fourth-order valence-electron chi connectivity index (χ4n) is 0.739. The maximum Gasteiger partial charge on any atom is 0.295 e. The van der Waals surface area contributed by atoms with Crippen molar-refractivity contribution in [3.63, 3.8) is 0 Å². The lowest BCUT2D eigenvalue weighted by Gasteiger charge is -1.92. The quantitative estimate of drug-likeness (QED) is 0.720. The van der Waals surface area contributed by atoms with Crippen LogP contribution in [0.2, 0.25) is 0 Å². The fourth-order valence-corrected chi connectivity index (χ4v) is 1.13. The molecule has 0 fully saturated rings. The molecule has 0 atom stereocenters. The van der Waals surface area contributed by atoms with E-state index in [0.717, 1.165) is 5.33 Å². The van der Waals surface area contributed by atoms with Crippen molar-refractivity contribution in [2.75, 3.05) is 5.33 Å². The van der Waals surface area contributed by atoms with E-state index in [2.05, 4.69) is 15.9 Å². The molecule has 1 nitrogen and oxygen atoms in total. The maximum atomic E-state index is 11.9. The molecule has 0 bridgehead atoms. The minimum Gasteiger partial charge on any atom is -0.460 e. The second-order valence-corrected chi connectivity index (χ2v) is 2.84. The molecule has 0 radical (unpaired) electrons. The third-order valence-electron chi connectivity index (χ3n) is 1.24. The van der Waals surface area contributed by atoms with Gasteiger partial charge < -0.3 is 4.42 Å². The highest BCUT2D eigenvalue weighted by atomic mass is 79.9. The fraction of sp³-hybridized carbons (Fsp3) is 0.429. The van der Waals surface area contributed by atoms with E-state index in [0.29, 0.717) is 12.2 Å². The minimum atomic E-state index is -2.50. The molecule has 0 saturated heterocycles. The zero-order chi connectivity index (χ0) is 8.27. The van der Waals surface area contributed by atoms with Crippen LogP contribution in [-0.2, 0) is 6.42 Å². The summed E-state index contributed by atoms with van der Waals surface area (Å²) in [5.41, 5.74) is 0. The molecule has 0 aromatic carbocycles. The summed E-state index contributed by atoms with van der Waals surface area (Å²) in [6.07, 6.45) is -1.86. The lowest BCUT2D eigenvalue weighted by atomic mass is 10.4. The summed E-state index contributed by atoms with van der Waals surface area (Å²) >= 11 is 3.18. The predicted octanol–water partition coefficient (Wildman–Crippen LogP) is 3.15. The van der Waals surface area contributed by atoms with E-state index < -0.39 is 6.43 Å². The molecule has 0 spiro atoms. The summed E-state index contributed by atoms with van der Waals surface area (Å²) < 4.78 is 28.6. The van der Waals surface area contributed by atoms with Gasteiger partial charge in [0.05, 0.1) is 0 Å². The average molecular weight is 225 g/mol. The van der Waals surface area contributed by atoms with Crippen molar-refractivity contribution >= 4 is 15.9 Å². The van der Waals surface area contributed by atoms with E-state index in [-0.39, 0.29) is 5.76 Å². The first-order valence-electron chi connectivity index (χ1n) is 3.16. The van der Waals surface area contributed by atoms with Crippen LogP contribution in [-0.4, -0.2) is 5.33 Å². The van der Waals surface area contributed by atoms with Gasteiger partial charge in [0.25, 0.3) is 6.43 Å². The summed E-state index contributed by atoms with van der Waals surface area (Å²) in [5, 5.41) is 0.725. The Morgan fingerprint density at radius 3 is 2.64 bits per heavy atom. The maximum absolute atomic E-state index is 11.9. The third kappa shape index (κ3) is 2.29. The molecule has 1 aromatic heterocycles. The van der Waals surface area contributed by atoms with Gasteiger partial charge in [-0.3, -0.25) is 0 Å². The van der Waals surface area contributed by atoms with Crippen LogP contribution in [0.4, 0.5) is 8.78 Å². The molecule has 1 rings (SSSR count). The van der Waals surface area contributed by atoms with Gasteiger partial charge in [-0.05, 0) is 12.1 Å². The first-order chi connectivity index (χ1) is 5.24. The smallest absolute Gasteiger partial charge is 0.295 e. The Morgan fingerprint density at radius 1 is 1.45 bits per heavy atom. The van der Waals surface area contributed by atoms with Crippen molar-refractivity contribution in [2.24, 2.45) is 0 Å². The lowest BCUT2D eigenvalue weighted by molar-refractivity contribution is 0.120. The zero-order valence-electron chi connectivity index (χ0n) is 5.69. The molecule has 0 amide bonds. The van der Waals surface area contributed by atoms with Gasteiger partial charge >= 0.3 is 0 Å². The Balaban J connectivity index is 2.66. The highest BCUT2D eigenvalue weighted by molar-refractivity contribution is 9.09. The third-order valence-corrected chi connectivity index (χ3v) is 1.63. The molecule has 0 aliphatic rings. The van der Waals surface area contributed by atoms with E-state index in [9.17, 15) is 8.78 Å². The van der Waals surface area contributed by atoms with Crippen molar-refractivity contribution in [2.45, 2.75) is 12.8 Å². The van der Waals surface area contributed by atoms with Crippen LogP contribution < -0.4 is 0 Å². The summed E-state index contributed by atoms with van der Waals surface area (Å²) in [7, 11) is 0. The Hall–Kier alpha value is -0.380. The van der Waals surface area contributed by atoms with Crippen LogP contribution >= 0.6 is 15.9 Å². The van der Waals surface area contributed by atoms with Crippen LogP contribution in [0, 0.1) is 0 Å². The van der Waals surface area contributed by atoms with Gasteiger partial charge in [0, 0.05) is 11.8 Å². The van der Waals surface area contributed by atoms with E-state index >= 15 is 0 Å². The van der Waals surface area contributed by atoms with E-state index in [1.165, 1.54) is 6.07 Å². The molecule has 0 N–H and O–H groups in total. The van der Waals surface area contributed by atoms with Crippen molar-refractivity contribution in [1.82, 2.24) is 0 Å². The molecule has 0 aliphatic heterocycles. The van der Waals surface area contributed by atoms with Gasteiger partial charge in [-0.1, -0.05) is 15.9 Å². The van der Waals surface area contributed by atoms with Gasteiger partial charge in [-0.25, -0.2) is 8.78 Å². The molecular weight excluding hydrogens is 218 g/mol. The van der Waals surface area contributed by atoms with E-state index in [1.807, 2.05) is 0 Å². The molecule has 11 heavy (non-hydrogen) atoms. The first-order valence-corrected chi connectivity index (χ1v) is 4.29. The van der Waals surface area contributed by atoms with Gasteiger partial charge in [0.2, 0.25) is 0 Å². The number of hydrogen-bond acceptors (Lipinski definition) is 1. The largest absolute Gasteiger partial charge is 0.460 e. The molecule has 0 aliphatic carbocycles. The highest BCUT2D eigenvalue weighted by Crippen LogP contribution is 2.21. The van der Waals surface area contributed by atoms with Gasteiger partial charge in [0.1, 0.15) is 5.76 Å². The molecule has 1 heterocycles. The Labute approximate surface area is 71.5 Å². The van der Waals surface area contributed by atoms with Gasteiger partial charge in [-0.15, -0.1) is 0 Å². The Kier molecular flexibility index (Phi) is 3.05. The Morgan fingerprint density at radius 2 is 2.18 bits per heavy atom. The standard InChI is InChI=1S/C7H7BrF2O/c8-4-3-5-1-2-6(11-5)7(9)10/h1-2,7H,3-4H2. The average Bonchev–Trinajstić information content (AvgIpc) is 2.37. The van der Waals surface area contributed by atoms with Crippen molar-refractivity contribution < 1.29 is 13.2 Å². The first kappa shape index (κ1) is 8.71. The number of alkyl halides is 3. The normalized spacial score (nSPS) is 10.9. The van der Waals surface area contributed by atoms with Crippen molar-refractivity contribution in [3.05, 3.63) is 23.7 Å². The molecule has 0 unspecified atom stereocenters. The second-order valence-electron chi connectivity index (χ2n) is 2.04. The number of rotatable bonds is 3. The molecular formula is C7H7BrF2O.